The molecule has 0 spiro atoms. The molecule has 2 aromatic carbocycles. The second-order valence-electron chi connectivity index (χ2n) is 10.8. The van der Waals surface area contributed by atoms with Gasteiger partial charge in [0.05, 0.1) is 17.6 Å². The van der Waals surface area contributed by atoms with Gasteiger partial charge in [-0.2, -0.15) is 0 Å². The van der Waals surface area contributed by atoms with E-state index in [1.54, 1.807) is 12.1 Å². The number of alkyl carbamates (subject to hydrolysis) is 1. The van der Waals surface area contributed by atoms with Gasteiger partial charge in [0.15, 0.2) is 0 Å². The first-order valence-corrected chi connectivity index (χ1v) is 12.8. The van der Waals surface area contributed by atoms with Crippen molar-refractivity contribution in [2.24, 2.45) is 0 Å². The van der Waals surface area contributed by atoms with Gasteiger partial charge in [0.2, 0.25) is 5.95 Å². The highest BCUT2D eigenvalue weighted by molar-refractivity contribution is 6.05. The Morgan fingerprint density at radius 2 is 1.89 bits per heavy atom. The number of benzene rings is 2. The van der Waals surface area contributed by atoms with Crippen LogP contribution in [0.5, 0.6) is 0 Å². The molecule has 1 fully saturated rings. The lowest BCUT2D eigenvalue weighted by atomic mass is 10.1. The van der Waals surface area contributed by atoms with Crippen molar-refractivity contribution in [3.05, 3.63) is 65.7 Å². The molecule has 8 heteroatoms. The fourth-order valence-electron chi connectivity index (χ4n) is 4.38. The molecular weight excluding hydrogens is 466 g/mol. The molecule has 1 saturated heterocycles. The topological polar surface area (TPSA) is 88.5 Å². The summed E-state index contributed by atoms with van der Waals surface area (Å²) in [6, 6.07) is 15.0. The van der Waals surface area contributed by atoms with Gasteiger partial charge in [-0.25, -0.2) is 9.78 Å². The van der Waals surface area contributed by atoms with Crippen LogP contribution in [0.25, 0.3) is 11.0 Å². The van der Waals surface area contributed by atoms with Gasteiger partial charge in [0.1, 0.15) is 6.10 Å². The van der Waals surface area contributed by atoms with Crippen LogP contribution >= 0.6 is 0 Å². The Morgan fingerprint density at radius 1 is 1.14 bits per heavy atom. The van der Waals surface area contributed by atoms with Crippen molar-refractivity contribution >= 4 is 34.7 Å². The molecule has 0 radical (unpaired) electrons. The summed E-state index contributed by atoms with van der Waals surface area (Å²) in [5, 5.41) is 5.88. The largest absolute Gasteiger partial charge is 0.444 e. The Labute approximate surface area is 218 Å². The zero-order valence-electron chi connectivity index (χ0n) is 22.4. The highest BCUT2D eigenvalue weighted by Crippen LogP contribution is 2.28. The van der Waals surface area contributed by atoms with Crippen LogP contribution in [-0.4, -0.2) is 46.3 Å². The van der Waals surface area contributed by atoms with E-state index in [-0.39, 0.29) is 17.6 Å². The maximum Gasteiger partial charge on any atom is 0.407 e. The maximum absolute atomic E-state index is 12.7. The minimum Gasteiger partial charge on any atom is -0.444 e. The van der Waals surface area contributed by atoms with Gasteiger partial charge in [-0.15, -0.1) is 0 Å². The number of anilines is 2. The average Bonchev–Trinajstić information content (AvgIpc) is 3.20. The summed E-state index contributed by atoms with van der Waals surface area (Å²) in [7, 11) is 0. The van der Waals surface area contributed by atoms with Crippen molar-refractivity contribution in [1.82, 2.24) is 14.9 Å². The monoisotopic (exact) mass is 503 g/mol. The number of fused-ring (bicyclic) bond motifs is 1. The zero-order chi connectivity index (χ0) is 26.6. The van der Waals surface area contributed by atoms with Crippen molar-refractivity contribution in [3.8, 4) is 0 Å². The molecule has 0 bridgehead atoms. The summed E-state index contributed by atoms with van der Waals surface area (Å²) in [5.41, 5.74) is 3.97. The first-order chi connectivity index (χ1) is 17.6. The van der Waals surface area contributed by atoms with Gasteiger partial charge in [-0.05, 0) is 77.8 Å². The van der Waals surface area contributed by atoms with Crippen molar-refractivity contribution in [3.63, 3.8) is 0 Å². The molecule has 2 N–H and O–H groups in total. The summed E-state index contributed by atoms with van der Waals surface area (Å²) < 4.78 is 7.91. The summed E-state index contributed by atoms with van der Waals surface area (Å²) in [5.74, 6) is 0.684. The SMILES string of the molecule is CC(C)=CCn1c(N2CCCC(OC(=O)NC(C)(C)C)C2)nc2ccc(NC(=O)c3ccccc3)cc21. The van der Waals surface area contributed by atoms with E-state index < -0.39 is 6.09 Å². The fraction of sp³-hybridized carbons (Fsp3) is 0.414. The number of hydrogen-bond acceptors (Lipinski definition) is 5. The zero-order valence-corrected chi connectivity index (χ0v) is 22.4. The number of ether oxygens (including phenoxy) is 1. The Bertz CT molecular complexity index is 1290. The minimum atomic E-state index is -0.392. The summed E-state index contributed by atoms with van der Waals surface area (Å²) in [6.07, 6.45) is 3.27. The lowest BCUT2D eigenvalue weighted by Crippen LogP contribution is -2.46. The lowest BCUT2D eigenvalue weighted by Gasteiger charge is -2.34. The van der Waals surface area contributed by atoms with Gasteiger partial charge in [-0.1, -0.05) is 29.8 Å². The van der Waals surface area contributed by atoms with Crippen LogP contribution in [0, 0.1) is 0 Å². The number of carbonyl (C=O) groups excluding carboxylic acids is 2. The number of aromatic nitrogens is 2. The van der Waals surface area contributed by atoms with Gasteiger partial charge in [-0.3, -0.25) is 4.79 Å². The number of piperidine rings is 1. The molecular formula is C29H37N5O3. The molecule has 0 saturated carbocycles. The number of allylic oxidation sites excluding steroid dienone is 2. The van der Waals surface area contributed by atoms with Gasteiger partial charge >= 0.3 is 6.09 Å². The molecule has 1 aliphatic heterocycles. The molecule has 2 amide bonds. The Balaban J connectivity index is 1.60. The first kappa shape index (κ1) is 26.3. The van der Waals surface area contributed by atoms with E-state index in [2.05, 4.69) is 40.0 Å². The third kappa shape index (κ3) is 6.90. The normalized spacial score (nSPS) is 15.8. The van der Waals surface area contributed by atoms with Crippen LogP contribution < -0.4 is 15.5 Å². The average molecular weight is 504 g/mol. The molecule has 0 aliphatic carbocycles. The number of rotatable bonds is 6. The van der Waals surface area contributed by atoms with E-state index >= 15 is 0 Å². The van der Waals surface area contributed by atoms with Crippen LogP contribution in [0.1, 0.15) is 57.8 Å². The standard InChI is InChI=1S/C29H37N5O3/c1-20(2)15-17-34-25-18-22(30-26(35)21-10-7-6-8-11-21)13-14-24(25)31-27(34)33-16-9-12-23(19-33)37-28(36)32-29(3,4)5/h6-8,10-11,13-15,18,23H,9,12,16-17,19H2,1-5H3,(H,30,35)(H,32,36). The highest BCUT2D eigenvalue weighted by Gasteiger charge is 2.28. The quantitative estimate of drug-likeness (QED) is 0.418. The van der Waals surface area contributed by atoms with E-state index in [9.17, 15) is 9.59 Å². The summed E-state index contributed by atoms with van der Waals surface area (Å²) >= 11 is 0. The summed E-state index contributed by atoms with van der Waals surface area (Å²) in [6.45, 7) is 12.0. The van der Waals surface area contributed by atoms with E-state index in [1.807, 2.05) is 57.2 Å². The Hall–Kier alpha value is -3.81. The third-order valence-electron chi connectivity index (χ3n) is 6.12. The predicted molar refractivity (Wildman–Crippen MR) is 148 cm³/mol. The highest BCUT2D eigenvalue weighted by atomic mass is 16.6. The number of nitrogens with zero attached hydrogens (tertiary/aromatic N) is 3. The number of imidazole rings is 1. The van der Waals surface area contributed by atoms with Crippen LogP contribution in [-0.2, 0) is 11.3 Å². The molecule has 1 atom stereocenters. The van der Waals surface area contributed by atoms with Crippen LogP contribution in [0.2, 0.25) is 0 Å². The lowest BCUT2D eigenvalue weighted by molar-refractivity contribution is 0.0822. The van der Waals surface area contributed by atoms with Crippen molar-refractivity contribution < 1.29 is 14.3 Å². The molecule has 1 aliphatic rings. The molecule has 1 unspecified atom stereocenters. The third-order valence-corrected chi connectivity index (χ3v) is 6.12. The Morgan fingerprint density at radius 3 is 2.59 bits per heavy atom. The molecule has 4 rings (SSSR count). The minimum absolute atomic E-state index is 0.153. The van der Waals surface area contributed by atoms with E-state index in [1.165, 1.54) is 5.57 Å². The first-order valence-electron chi connectivity index (χ1n) is 12.8. The molecule has 37 heavy (non-hydrogen) atoms. The van der Waals surface area contributed by atoms with Crippen molar-refractivity contribution in [1.29, 1.82) is 0 Å². The van der Waals surface area contributed by atoms with Crippen molar-refractivity contribution in [2.45, 2.75) is 65.6 Å². The number of carbonyl (C=O) groups is 2. The smallest absolute Gasteiger partial charge is 0.407 e. The van der Waals surface area contributed by atoms with E-state index in [0.29, 0.717) is 24.3 Å². The summed E-state index contributed by atoms with van der Waals surface area (Å²) in [4.78, 5) is 32.2. The number of hydrogen-bond donors (Lipinski definition) is 2. The Kier molecular flexibility index (Phi) is 7.86. The van der Waals surface area contributed by atoms with Gasteiger partial charge in [0.25, 0.3) is 5.91 Å². The second-order valence-corrected chi connectivity index (χ2v) is 10.8. The van der Waals surface area contributed by atoms with Crippen LogP contribution in [0.4, 0.5) is 16.4 Å². The number of amides is 2. The fourth-order valence-corrected chi connectivity index (χ4v) is 4.38. The number of nitrogens with one attached hydrogen (secondary N) is 2. The van der Waals surface area contributed by atoms with Crippen molar-refractivity contribution in [2.75, 3.05) is 23.3 Å². The predicted octanol–water partition coefficient (Wildman–Crippen LogP) is 5.75. The second kappa shape index (κ2) is 11.1. The van der Waals surface area contributed by atoms with Crippen LogP contribution in [0.3, 0.4) is 0 Å². The maximum atomic E-state index is 12.7. The molecule has 196 valence electrons. The van der Waals surface area contributed by atoms with E-state index in [0.717, 1.165) is 36.4 Å². The van der Waals surface area contributed by atoms with E-state index in [4.69, 9.17) is 9.72 Å². The molecule has 1 aromatic heterocycles. The molecule has 2 heterocycles. The van der Waals surface area contributed by atoms with Gasteiger partial charge in [0, 0.05) is 29.9 Å². The molecule has 8 nitrogen and oxygen atoms in total. The van der Waals surface area contributed by atoms with Crippen LogP contribution in [0.15, 0.2) is 60.2 Å². The molecule has 3 aromatic rings. The van der Waals surface area contributed by atoms with Gasteiger partial charge < -0.3 is 24.8 Å².